The van der Waals surface area contributed by atoms with Crippen molar-refractivity contribution in [3.8, 4) is 0 Å². The molecule has 1 aliphatic rings. The van der Waals surface area contributed by atoms with E-state index >= 15 is 0 Å². The molecule has 0 radical (unpaired) electrons. The molecule has 21 heavy (non-hydrogen) atoms. The molecule has 4 heteroatoms. The van der Waals surface area contributed by atoms with Crippen molar-refractivity contribution in [3.63, 3.8) is 0 Å². The topological polar surface area (TPSA) is 42.3 Å². The van der Waals surface area contributed by atoms with Crippen LogP contribution in [0, 0.1) is 5.92 Å². The molecule has 1 heterocycles. The maximum atomic E-state index is 12.8. The molecule has 110 valence electrons. The number of aromatic nitrogens is 1. The first-order valence-corrected chi connectivity index (χ1v) is 7.19. The molecule has 2 rings (SSSR count). The third kappa shape index (κ3) is 3.96. The smallest absolute Gasteiger partial charge is 0.126 e. The van der Waals surface area contributed by atoms with Gasteiger partial charge in [0.2, 0.25) is 0 Å². The van der Waals surface area contributed by atoms with Gasteiger partial charge in [-0.3, -0.25) is 9.98 Å². The van der Waals surface area contributed by atoms with Crippen LogP contribution < -0.4 is 0 Å². The Balaban J connectivity index is 2.41. The van der Waals surface area contributed by atoms with Gasteiger partial charge >= 0.3 is 0 Å². The quantitative estimate of drug-likeness (QED) is 0.585. The first-order chi connectivity index (χ1) is 10.2. The van der Waals surface area contributed by atoms with E-state index in [9.17, 15) is 9.18 Å². The van der Waals surface area contributed by atoms with E-state index in [0.717, 1.165) is 23.3 Å². The minimum atomic E-state index is -0.577. The number of rotatable bonds is 6. The fourth-order valence-electron chi connectivity index (χ4n) is 2.16. The Kier molecular flexibility index (Phi) is 5.18. The molecule has 1 aromatic heterocycles. The van der Waals surface area contributed by atoms with Gasteiger partial charge < -0.3 is 0 Å². The van der Waals surface area contributed by atoms with Gasteiger partial charge in [0.1, 0.15) is 12.6 Å². The summed E-state index contributed by atoms with van der Waals surface area (Å²) < 4.78 is 12.8. The number of allylic oxidation sites excluding steroid dienone is 1. The number of hydrogen-bond acceptors (Lipinski definition) is 3. The summed E-state index contributed by atoms with van der Waals surface area (Å²) in [7, 11) is 0. The molecule has 0 spiro atoms. The minimum absolute atomic E-state index is 0.496. The molecule has 0 saturated heterocycles. The third-order valence-electron chi connectivity index (χ3n) is 3.64. The average molecular weight is 286 g/mol. The molecule has 0 atom stereocenters. The van der Waals surface area contributed by atoms with Crippen LogP contribution in [0.4, 0.5) is 4.39 Å². The van der Waals surface area contributed by atoms with Crippen LogP contribution in [0.15, 0.2) is 23.5 Å². The summed E-state index contributed by atoms with van der Waals surface area (Å²) in [4.78, 5) is 19.3. The van der Waals surface area contributed by atoms with E-state index in [4.69, 9.17) is 0 Å². The monoisotopic (exact) mass is 286 g/mol. The van der Waals surface area contributed by atoms with E-state index in [-0.39, 0.29) is 0 Å². The van der Waals surface area contributed by atoms with Gasteiger partial charge in [0.25, 0.3) is 0 Å². The molecule has 0 unspecified atom stereocenters. The second-order valence-electron chi connectivity index (χ2n) is 5.22. The van der Waals surface area contributed by atoms with Crippen molar-refractivity contribution >= 4 is 23.3 Å². The van der Waals surface area contributed by atoms with E-state index in [0.29, 0.717) is 17.2 Å². The standard InChI is InChI=1S/C17H19FN2O/c1-3-14(11-19-12(2)15-4-5-15)16-8-13(9-18)10-20-17(16)6-7-21/h6,8,10-11,15H,3-5,9H2,1-2H3/b14-11+,19-12?. The molecule has 0 bridgehead atoms. The number of hydrogen-bond donors (Lipinski definition) is 0. The Labute approximate surface area is 124 Å². The predicted octanol–water partition coefficient (Wildman–Crippen LogP) is 4.02. The van der Waals surface area contributed by atoms with Crippen molar-refractivity contribution in [1.82, 2.24) is 4.98 Å². The van der Waals surface area contributed by atoms with Crippen LogP contribution in [-0.2, 0) is 11.5 Å². The molecule has 0 aromatic carbocycles. The van der Waals surface area contributed by atoms with E-state index in [1.165, 1.54) is 25.1 Å². The van der Waals surface area contributed by atoms with Crippen molar-refractivity contribution in [2.45, 2.75) is 39.8 Å². The summed E-state index contributed by atoms with van der Waals surface area (Å²) in [5, 5.41) is 0. The van der Waals surface area contributed by atoms with E-state index in [1.807, 2.05) is 20.0 Å². The molecule has 0 amide bonds. The van der Waals surface area contributed by atoms with Gasteiger partial charge in [0.05, 0.1) is 5.69 Å². The summed E-state index contributed by atoms with van der Waals surface area (Å²) in [6.07, 6.45) is 7.69. The zero-order chi connectivity index (χ0) is 15.2. The largest absolute Gasteiger partial charge is 0.265 e. The molecule has 1 fully saturated rings. The van der Waals surface area contributed by atoms with Crippen molar-refractivity contribution in [3.05, 3.63) is 35.3 Å². The highest BCUT2D eigenvalue weighted by Crippen LogP contribution is 2.31. The number of halogens is 1. The molecule has 1 saturated carbocycles. The van der Waals surface area contributed by atoms with Gasteiger partial charge in [-0.2, -0.15) is 0 Å². The summed E-state index contributed by atoms with van der Waals surface area (Å²) in [6.45, 7) is 3.46. The van der Waals surface area contributed by atoms with Crippen LogP contribution in [0.1, 0.15) is 49.9 Å². The lowest BCUT2D eigenvalue weighted by Crippen LogP contribution is -1.96. The van der Waals surface area contributed by atoms with Gasteiger partial charge in [-0.15, -0.1) is 0 Å². The summed E-state index contributed by atoms with van der Waals surface area (Å²) in [5.41, 5.74) is 3.83. The lowest BCUT2D eigenvalue weighted by atomic mass is 10.0. The molecule has 0 N–H and O–H groups in total. The summed E-state index contributed by atoms with van der Waals surface area (Å²) in [5.74, 6) is 2.35. The van der Waals surface area contributed by atoms with Crippen molar-refractivity contribution in [2.75, 3.05) is 0 Å². The van der Waals surface area contributed by atoms with Crippen LogP contribution >= 0.6 is 0 Å². The highest BCUT2D eigenvalue weighted by Gasteiger charge is 2.23. The lowest BCUT2D eigenvalue weighted by Gasteiger charge is -2.09. The van der Waals surface area contributed by atoms with E-state index in [2.05, 4.69) is 9.98 Å². The van der Waals surface area contributed by atoms with E-state index in [1.54, 1.807) is 12.0 Å². The highest BCUT2D eigenvalue weighted by atomic mass is 19.1. The summed E-state index contributed by atoms with van der Waals surface area (Å²) >= 11 is 0. The SMILES string of the molecule is CC/C(=C\N=C(C)C1CC1)c1cc(CF)cnc1C=C=O. The van der Waals surface area contributed by atoms with Gasteiger partial charge in [-0.05, 0) is 43.7 Å². The first kappa shape index (κ1) is 15.3. The molecule has 1 aliphatic carbocycles. The van der Waals surface area contributed by atoms with Crippen LogP contribution in [0.2, 0.25) is 0 Å². The maximum absolute atomic E-state index is 12.8. The normalized spacial score (nSPS) is 15.8. The first-order valence-electron chi connectivity index (χ1n) is 7.19. The van der Waals surface area contributed by atoms with E-state index < -0.39 is 6.67 Å². The van der Waals surface area contributed by atoms with Gasteiger partial charge in [0.15, 0.2) is 0 Å². The van der Waals surface area contributed by atoms with Crippen LogP contribution in [0.5, 0.6) is 0 Å². The van der Waals surface area contributed by atoms with Crippen LogP contribution in [0.25, 0.3) is 11.6 Å². The zero-order valence-electron chi connectivity index (χ0n) is 12.4. The van der Waals surface area contributed by atoms with Crippen LogP contribution in [0.3, 0.4) is 0 Å². The second kappa shape index (κ2) is 7.09. The number of nitrogens with zero attached hydrogens (tertiary/aromatic N) is 2. The molecule has 0 aliphatic heterocycles. The number of aliphatic imine (C=N–C) groups is 1. The minimum Gasteiger partial charge on any atom is -0.265 e. The second-order valence-corrected chi connectivity index (χ2v) is 5.22. The fourth-order valence-corrected chi connectivity index (χ4v) is 2.16. The zero-order valence-corrected chi connectivity index (χ0v) is 12.4. The van der Waals surface area contributed by atoms with Crippen molar-refractivity contribution in [2.24, 2.45) is 10.9 Å². The third-order valence-corrected chi connectivity index (χ3v) is 3.64. The Hall–Kier alpha value is -2.06. The number of carbonyl (C=O) groups excluding carboxylic acids is 1. The Morgan fingerprint density at radius 1 is 1.57 bits per heavy atom. The summed E-state index contributed by atoms with van der Waals surface area (Å²) in [6, 6.07) is 1.73. The van der Waals surface area contributed by atoms with Gasteiger partial charge in [-0.25, -0.2) is 9.18 Å². The Bertz CT molecular complexity index is 624. The molecular formula is C17H19FN2O. The number of pyridine rings is 1. The average Bonchev–Trinajstić information content (AvgIpc) is 3.34. The highest BCUT2D eigenvalue weighted by molar-refractivity contribution is 5.88. The molecular weight excluding hydrogens is 267 g/mol. The maximum Gasteiger partial charge on any atom is 0.126 e. The number of alkyl halides is 1. The van der Waals surface area contributed by atoms with Crippen LogP contribution in [-0.4, -0.2) is 16.6 Å². The molecule has 3 nitrogen and oxygen atoms in total. The Morgan fingerprint density at radius 3 is 2.90 bits per heavy atom. The lowest BCUT2D eigenvalue weighted by molar-refractivity contribution is 0.484. The predicted molar refractivity (Wildman–Crippen MR) is 83.3 cm³/mol. The van der Waals surface area contributed by atoms with Crippen molar-refractivity contribution < 1.29 is 9.18 Å². The molecule has 1 aromatic rings. The van der Waals surface area contributed by atoms with Gasteiger partial charge in [-0.1, -0.05) is 6.92 Å². The fraction of sp³-hybridized carbons (Fsp3) is 0.412. The Morgan fingerprint density at radius 2 is 2.33 bits per heavy atom. The van der Waals surface area contributed by atoms with Gasteiger partial charge in [0, 0.05) is 35.3 Å². The van der Waals surface area contributed by atoms with Crippen molar-refractivity contribution in [1.29, 1.82) is 0 Å².